The van der Waals surface area contributed by atoms with Gasteiger partial charge in [0, 0.05) is 17.7 Å². The van der Waals surface area contributed by atoms with Crippen molar-refractivity contribution in [1.82, 2.24) is 0 Å². The lowest BCUT2D eigenvalue weighted by atomic mass is 10.2. The number of phenols is 1. The number of hydrogen-bond acceptors (Lipinski definition) is 3. The highest BCUT2D eigenvalue weighted by Crippen LogP contribution is 2.27. The molecule has 0 amide bonds. The number of halogens is 1. The fourth-order valence-electron chi connectivity index (χ4n) is 1.02. The summed E-state index contributed by atoms with van der Waals surface area (Å²) in [5.41, 5.74) is 0.634. The second-order valence-corrected chi connectivity index (χ2v) is 3.00. The molecule has 1 rings (SSSR count). The van der Waals surface area contributed by atoms with Gasteiger partial charge in [-0.2, -0.15) is 0 Å². The van der Waals surface area contributed by atoms with Crippen LogP contribution in [0, 0.1) is 0 Å². The first-order chi connectivity index (χ1) is 6.79. The van der Waals surface area contributed by atoms with Crippen LogP contribution in [0.5, 0.6) is 11.5 Å². The zero-order valence-corrected chi connectivity index (χ0v) is 8.66. The molecule has 0 fully saturated rings. The van der Waals surface area contributed by atoms with Crippen LogP contribution in [0.4, 0.5) is 0 Å². The molecule has 0 saturated carbocycles. The first kappa shape index (κ1) is 10.9. The molecule has 1 N–H and O–H groups in total. The molecule has 3 nitrogen and oxygen atoms in total. The van der Waals surface area contributed by atoms with Gasteiger partial charge >= 0.3 is 0 Å². The normalized spacial score (nSPS) is 10.7. The number of phenolic OH excluding ortho intramolecular Hbond substituents is 1. The minimum Gasteiger partial charge on any atom is -0.504 e. The second-order valence-electron chi connectivity index (χ2n) is 2.62. The molecule has 0 heterocycles. The second kappa shape index (κ2) is 5.50. The number of alkyl halides is 1. The van der Waals surface area contributed by atoms with Crippen LogP contribution in [0.2, 0.25) is 0 Å². The van der Waals surface area contributed by atoms with Crippen molar-refractivity contribution >= 4 is 17.8 Å². The minimum atomic E-state index is 0.105. The molecule has 1 aromatic carbocycles. The Morgan fingerprint density at radius 3 is 3.00 bits per heavy atom. The Hall–Kier alpha value is -1.22. The van der Waals surface area contributed by atoms with E-state index in [-0.39, 0.29) is 5.75 Å². The quantitative estimate of drug-likeness (QED) is 0.615. The van der Waals surface area contributed by atoms with Crippen molar-refractivity contribution in [2.45, 2.75) is 0 Å². The first-order valence-electron chi connectivity index (χ1n) is 4.21. The van der Waals surface area contributed by atoms with E-state index in [2.05, 4.69) is 4.99 Å². The lowest BCUT2D eigenvalue weighted by Gasteiger charge is -2.04. The number of aromatic hydroxyl groups is 1. The number of hydrogen-bond donors (Lipinski definition) is 1. The summed E-state index contributed by atoms with van der Waals surface area (Å²) in [6, 6.07) is 5.24. The molecule has 0 saturated heterocycles. The van der Waals surface area contributed by atoms with Crippen molar-refractivity contribution in [3.63, 3.8) is 0 Å². The Labute approximate surface area is 88.0 Å². The maximum Gasteiger partial charge on any atom is 0.166 e. The van der Waals surface area contributed by atoms with Crippen LogP contribution in [0.3, 0.4) is 0 Å². The zero-order chi connectivity index (χ0) is 10.4. The van der Waals surface area contributed by atoms with Crippen LogP contribution >= 0.6 is 11.6 Å². The standard InChI is InChI=1S/C10H12ClNO2/c1-14-9-4-2-3-8(10(9)13)7-12-6-5-11/h2-4,7,13H,5-6H2,1H3. The van der Waals surface area contributed by atoms with Crippen molar-refractivity contribution in [2.75, 3.05) is 19.5 Å². The van der Waals surface area contributed by atoms with Gasteiger partial charge in [0.25, 0.3) is 0 Å². The molecule has 0 radical (unpaired) electrons. The van der Waals surface area contributed by atoms with Crippen LogP contribution in [0.15, 0.2) is 23.2 Å². The SMILES string of the molecule is COc1cccc(C=NCCCl)c1O. The summed E-state index contributed by atoms with van der Waals surface area (Å²) in [6.07, 6.45) is 1.58. The number of nitrogens with zero attached hydrogens (tertiary/aromatic N) is 1. The summed E-state index contributed by atoms with van der Waals surface area (Å²) in [6.45, 7) is 0.540. The van der Waals surface area contributed by atoms with E-state index in [1.54, 1.807) is 24.4 Å². The smallest absolute Gasteiger partial charge is 0.166 e. The zero-order valence-electron chi connectivity index (χ0n) is 7.90. The fourth-order valence-corrected chi connectivity index (χ4v) is 1.12. The lowest BCUT2D eigenvalue weighted by Crippen LogP contribution is -1.89. The molecular weight excluding hydrogens is 202 g/mol. The van der Waals surface area contributed by atoms with Crippen molar-refractivity contribution in [3.05, 3.63) is 23.8 Å². The van der Waals surface area contributed by atoms with Gasteiger partial charge in [0.1, 0.15) is 0 Å². The van der Waals surface area contributed by atoms with E-state index in [4.69, 9.17) is 16.3 Å². The highest BCUT2D eigenvalue weighted by Gasteiger charge is 2.03. The average molecular weight is 214 g/mol. The van der Waals surface area contributed by atoms with Gasteiger partial charge in [-0.3, -0.25) is 4.99 Å². The molecule has 4 heteroatoms. The highest BCUT2D eigenvalue weighted by molar-refractivity contribution is 6.18. The number of ether oxygens (including phenoxy) is 1. The van der Waals surface area contributed by atoms with E-state index in [1.165, 1.54) is 7.11 Å². The van der Waals surface area contributed by atoms with Gasteiger partial charge in [-0.05, 0) is 12.1 Å². The number of methoxy groups -OCH3 is 1. The van der Waals surface area contributed by atoms with Crippen molar-refractivity contribution in [2.24, 2.45) is 4.99 Å². The van der Waals surface area contributed by atoms with Gasteiger partial charge in [0.2, 0.25) is 0 Å². The fraction of sp³-hybridized carbons (Fsp3) is 0.300. The largest absolute Gasteiger partial charge is 0.504 e. The van der Waals surface area contributed by atoms with Crippen LogP contribution in [-0.2, 0) is 0 Å². The first-order valence-corrected chi connectivity index (χ1v) is 4.74. The van der Waals surface area contributed by atoms with Crippen molar-refractivity contribution in [3.8, 4) is 11.5 Å². The summed E-state index contributed by atoms with van der Waals surface area (Å²) in [7, 11) is 1.51. The van der Waals surface area contributed by atoms with Crippen molar-refractivity contribution in [1.29, 1.82) is 0 Å². The monoisotopic (exact) mass is 213 g/mol. The molecule has 76 valence electrons. The molecule has 0 spiro atoms. The summed E-state index contributed by atoms with van der Waals surface area (Å²) < 4.78 is 4.95. The average Bonchev–Trinajstić information content (AvgIpc) is 2.21. The van der Waals surface area contributed by atoms with Crippen LogP contribution < -0.4 is 4.74 Å². The number of benzene rings is 1. The summed E-state index contributed by atoms with van der Waals surface area (Å²) in [4.78, 5) is 4.02. The maximum atomic E-state index is 9.64. The molecular formula is C10H12ClNO2. The Morgan fingerprint density at radius 1 is 1.57 bits per heavy atom. The van der Waals surface area contributed by atoms with E-state index < -0.39 is 0 Å². The third-order valence-corrected chi connectivity index (χ3v) is 1.86. The predicted octanol–water partition coefficient (Wildman–Crippen LogP) is 2.06. The Bertz CT molecular complexity index is 326. The summed E-state index contributed by atoms with van der Waals surface area (Å²) in [5.74, 6) is 1.02. The highest BCUT2D eigenvalue weighted by atomic mass is 35.5. The molecule has 0 aliphatic carbocycles. The van der Waals surface area contributed by atoms with Crippen LogP contribution in [0.25, 0.3) is 0 Å². The molecule has 1 aromatic rings. The molecule has 0 aliphatic rings. The summed E-state index contributed by atoms with van der Waals surface area (Å²) in [5, 5.41) is 9.64. The number of aliphatic imine (C=N–C) groups is 1. The number of rotatable bonds is 4. The van der Waals surface area contributed by atoms with Gasteiger partial charge in [-0.15, -0.1) is 11.6 Å². The summed E-state index contributed by atoms with van der Waals surface area (Å²) >= 11 is 5.47. The van der Waals surface area contributed by atoms with Gasteiger partial charge in [-0.25, -0.2) is 0 Å². The Kier molecular flexibility index (Phi) is 4.26. The molecule has 0 unspecified atom stereocenters. The third kappa shape index (κ3) is 2.64. The minimum absolute atomic E-state index is 0.105. The maximum absolute atomic E-state index is 9.64. The van der Waals surface area contributed by atoms with E-state index in [0.29, 0.717) is 23.7 Å². The topological polar surface area (TPSA) is 41.8 Å². The molecule has 0 aliphatic heterocycles. The molecule has 0 bridgehead atoms. The molecule has 0 aromatic heterocycles. The van der Waals surface area contributed by atoms with Crippen LogP contribution in [-0.4, -0.2) is 30.9 Å². The van der Waals surface area contributed by atoms with Gasteiger partial charge in [-0.1, -0.05) is 6.07 Å². The third-order valence-electron chi connectivity index (χ3n) is 1.69. The van der Waals surface area contributed by atoms with E-state index in [0.717, 1.165) is 0 Å². The van der Waals surface area contributed by atoms with Gasteiger partial charge < -0.3 is 9.84 Å². The van der Waals surface area contributed by atoms with E-state index in [1.807, 2.05) is 0 Å². The van der Waals surface area contributed by atoms with E-state index >= 15 is 0 Å². The lowest BCUT2D eigenvalue weighted by molar-refractivity contribution is 0.373. The molecule has 0 atom stereocenters. The Morgan fingerprint density at radius 2 is 2.36 bits per heavy atom. The van der Waals surface area contributed by atoms with Crippen molar-refractivity contribution < 1.29 is 9.84 Å². The Balaban J connectivity index is 2.86. The van der Waals surface area contributed by atoms with Gasteiger partial charge in [0.05, 0.1) is 13.7 Å². The van der Waals surface area contributed by atoms with Gasteiger partial charge in [0.15, 0.2) is 11.5 Å². The van der Waals surface area contributed by atoms with Crippen LogP contribution in [0.1, 0.15) is 5.56 Å². The number of para-hydroxylation sites is 1. The predicted molar refractivity (Wildman–Crippen MR) is 57.8 cm³/mol. The molecule has 14 heavy (non-hydrogen) atoms. The van der Waals surface area contributed by atoms with E-state index in [9.17, 15) is 5.11 Å².